The van der Waals surface area contributed by atoms with Gasteiger partial charge in [-0.3, -0.25) is 4.79 Å². The van der Waals surface area contributed by atoms with E-state index >= 15 is 0 Å². The second-order valence-electron chi connectivity index (χ2n) is 7.96. The van der Waals surface area contributed by atoms with Gasteiger partial charge in [0, 0.05) is 26.2 Å². The van der Waals surface area contributed by atoms with E-state index in [1.54, 1.807) is 49.3 Å². The fraction of sp³-hybridized carbons (Fsp3) is 0.348. The number of aryl methyl sites for hydroxylation is 3. The summed E-state index contributed by atoms with van der Waals surface area (Å²) in [6.07, 6.45) is 3.41. The highest BCUT2D eigenvalue weighted by Crippen LogP contribution is 2.27. The van der Waals surface area contributed by atoms with E-state index in [2.05, 4.69) is 9.97 Å². The van der Waals surface area contributed by atoms with Gasteiger partial charge in [-0.2, -0.15) is 4.31 Å². The molecular formula is C23H26N4O4S2. The van der Waals surface area contributed by atoms with Crippen LogP contribution in [-0.2, 0) is 10.0 Å². The summed E-state index contributed by atoms with van der Waals surface area (Å²) < 4.78 is 33.2. The molecule has 0 spiro atoms. The second kappa shape index (κ2) is 9.28. The number of nitrogens with zero attached hydrogens (tertiary/aromatic N) is 4. The van der Waals surface area contributed by atoms with Gasteiger partial charge in [-0.05, 0) is 50.8 Å². The third kappa shape index (κ3) is 4.55. The minimum absolute atomic E-state index is 0.189. The molecule has 3 aromatic rings. The van der Waals surface area contributed by atoms with Crippen LogP contribution in [0, 0.1) is 20.8 Å². The molecule has 2 aromatic heterocycles. The van der Waals surface area contributed by atoms with Crippen LogP contribution in [0.2, 0.25) is 0 Å². The van der Waals surface area contributed by atoms with Crippen LogP contribution in [0.15, 0.2) is 50.9 Å². The molecule has 1 aromatic carbocycles. The first kappa shape index (κ1) is 23.5. The van der Waals surface area contributed by atoms with Crippen LogP contribution >= 0.6 is 11.8 Å². The van der Waals surface area contributed by atoms with Gasteiger partial charge in [0.1, 0.15) is 5.03 Å². The number of hydrogen-bond donors (Lipinski definition) is 0. The van der Waals surface area contributed by atoms with Crippen LogP contribution in [0.25, 0.3) is 11.6 Å². The minimum Gasteiger partial charge on any atom is -0.461 e. The number of sulfonamides is 1. The van der Waals surface area contributed by atoms with Crippen molar-refractivity contribution in [3.05, 3.63) is 59.0 Å². The molecule has 10 heteroatoms. The molecular weight excluding hydrogens is 460 g/mol. The minimum atomic E-state index is -3.62. The summed E-state index contributed by atoms with van der Waals surface area (Å²) in [5.74, 6) is 0.784. The lowest BCUT2D eigenvalue weighted by molar-refractivity contribution is 0.0692. The topological polar surface area (TPSA) is 96.6 Å². The lowest BCUT2D eigenvalue weighted by Crippen LogP contribution is -2.50. The predicted molar refractivity (Wildman–Crippen MR) is 127 cm³/mol. The molecule has 1 aliphatic heterocycles. The van der Waals surface area contributed by atoms with Crippen molar-refractivity contribution in [1.29, 1.82) is 0 Å². The van der Waals surface area contributed by atoms with Gasteiger partial charge >= 0.3 is 0 Å². The fourth-order valence-corrected chi connectivity index (χ4v) is 6.22. The van der Waals surface area contributed by atoms with Crippen molar-refractivity contribution in [2.24, 2.45) is 0 Å². The molecule has 0 N–H and O–H groups in total. The average Bonchev–Trinajstić information content (AvgIpc) is 3.33. The van der Waals surface area contributed by atoms with Crippen LogP contribution in [0.3, 0.4) is 0 Å². The van der Waals surface area contributed by atoms with Crippen LogP contribution in [0.4, 0.5) is 0 Å². The molecule has 0 unspecified atom stereocenters. The lowest BCUT2D eigenvalue weighted by atomic mass is 10.2. The summed E-state index contributed by atoms with van der Waals surface area (Å²) in [5, 5.41) is 0.573. The fourth-order valence-electron chi connectivity index (χ4n) is 3.97. The van der Waals surface area contributed by atoms with Gasteiger partial charge in [0.2, 0.25) is 10.0 Å². The highest BCUT2D eigenvalue weighted by molar-refractivity contribution is 7.98. The van der Waals surface area contributed by atoms with E-state index in [-0.39, 0.29) is 19.0 Å². The molecule has 4 rings (SSSR count). The van der Waals surface area contributed by atoms with Crippen molar-refractivity contribution in [1.82, 2.24) is 19.2 Å². The zero-order chi connectivity index (χ0) is 23.8. The van der Waals surface area contributed by atoms with E-state index < -0.39 is 10.0 Å². The quantitative estimate of drug-likeness (QED) is 0.402. The molecule has 8 nitrogen and oxygen atoms in total. The Hall–Kier alpha value is -2.69. The molecule has 0 atom stereocenters. The standard InChI is InChI=1S/C23H26N4O4S2/c1-15-7-8-19(16(2)14-15)33(29,30)27-11-9-26(10-12-27)23(28)20-17(3)24-21(25-22(20)32-4)18-6-5-13-31-18/h5-8,13-14H,9-12H2,1-4H3. The monoisotopic (exact) mass is 486 g/mol. The molecule has 33 heavy (non-hydrogen) atoms. The lowest BCUT2D eigenvalue weighted by Gasteiger charge is -2.34. The first-order valence-electron chi connectivity index (χ1n) is 10.6. The third-order valence-corrected chi connectivity index (χ3v) is 8.42. The first-order chi connectivity index (χ1) is 15.7. The van der Waals surface area contributed by atoms with Gasteiger partial charge in [-0.25, -0.2) is 18.4 Å². The van der Waals surface area contributed by atoms with Crippen molar-refractivity contribution in [2.75, 3.05) is 32.4 Å². The summed E-state index contributed by atoms with van der Waals surface area (Å²) in [4.78, 5) is 24.3. The summed E-state index contributed by atoms with van der Waals surface area (Å²) in [7, 11) is -3.62. The number of carbonyl (C=O) groups is 1. The molecule has 1 saturated heterocycles. The Bertz CT molecular complexity index is 1280. The maximum Gasteiger partial charge on any atom is 0.258 e. The number of amides is 1. The maximum atomic E-state index is 13.4. The maximum absolute atomic E-state index is 13.4. The highest BCUT2D eigenvalue weighted by atomic mass is 32.2. The molecule has 1 fully saturated rings. The molecule has 0 bridgehead atoms. The number of rotatable bonds is 5. The number of benzene rings is 1. The zero-order valence-electron chi connectivity index (χ0n) is 19.0. The van der Waals surface area contributed by atoms with Gasteiger partial charge in [0.25, 0.3) is 5.91 Å². The average molecular weight is 487 g/mol. The summed E-state index contributed by atoms with van der Waals surface area (Å²) in [6, 6.07) is 8.86. The molecule has 1 amide bonds. The van der Waals surface area contributed by atoms with E-state index in [1.807, 2.05) is 19.2 Å². The molecule has 0 radical (unpaired) electrons. The SMILES string of the molecule is CSc1nc(-c2ccco2)nc(C)c1C(=O)N1CCN(S(=O)(=O)c2ccc(C)cc2C)CC1. The van der Waals surface area contributed by atoms with E-state index in [4.69, 9.17) is 4.42 Å². The second-order valence-corrected chi connectivity index (χ2v) is 10.7. The van der Waals surface area contributed by atoms with Crippen LogP contribution < -0.4 is 0 Å². The normalized spacial score (nSPS) is 15.1. The van der Waals surface area contributed by atoms with Gasteiger partial charge in [0.05, 0.1) is 22.4 Å². The number of carbonyl (C=O) groups excluding carboxylic acids is 1. The Morgan fingerprint density at radius 1 is 1.06 bits per heavy atom. The zero-order valence-corrected chi connectivity index (χ0v) is 20.7. The summed E-state index contributed by atoms with van der Waals surface area (Å²) >= 11 is 1.37. The van der Waals surface area contributed by atoms with E-state index in [0.29, 0.717) is 45.9 Å². The summed E-state index contributed by atoms with van der Waals surface area (Å²) in [6.45, 7) is 6.59. The Morgan fingerprint density at radius 2 is 1.79 bits per heavy atom. The van der Waals surface area contributed by atoms with Crippen molar-refractivity contribution in [2.45, 2.75) is 30.7 Å². The van der Waals surface area contributed by atoms with Crippen LogP contribution in [0.1, 0.15) is 27.2 Å². The third-order valence-electron chi connectivity index (χ3n) is 5.68. The van der Waals surface area contributed by atoms with Gasteiger partial charge < -0.3 is 9.32 Å². The smallest absolute Gasteiger partial charge is 0.258 e. The Kier molecular flexibility index (Phi) is 6.60. The summed E-state index contributed by atoms with van der Waals surface area (Å²) in [5.41, 5.74) is 2.75. The molecule has 1 aliphatic rings. The molecule has 0 saturated carbocycles. The van der Waals surface area contributed by atoms with Crippen molar-refractivity contribution >= 4 is 27.7 Å². The number of aromatic nitrogens is 2. The predicted octanol–water partition coefficient (Wildman–Crippen LogP) is 3.53. The van der Waals surface area contributed by atoms with Gasteiger partial charge in [0.15, 0.2) is 11.6 Å². The number of hydrogen-bond acceptors (Lipinski definition) is 7. The molecule has 3 heterocycles. The van der Waals surface area contributed by atoms with Gasteiger partial charge in [-0.1, -0.05) is 17.7 Å². The van der Waals surface area contributed by atoms with Gasteiger partial charge in [-0.15, -0.1) is 11.8 Å². The Balaban J connectivity index is 1.53. The number of piperazine rings is 1. The first-order valence-corrected chi connectivity index (χ1v) is 13.2. The number of thioether (sulfide) groups is 1. The van der Waals surface area contributed by atoms with Crippen molar-refractivity contribution in [3.8, 4) is 11.6 Å². The molecule has 0 aliphatic carbocycles. The van der Waals surface area contributed by atoms with Crippen molar-refractivity contribution < 1.29 is 17.6 Å². The number of furan rings is 1. The van der Waals surface area contributed by atoms with E-state index in [0.717, 1.165) is 11.1 Å². The van der Waals surface area contributed by atoms with Crippen LogP contribution in [-0.4, -0.2) is 65.9 Å². The molecule has 174 valence electrons. The Morgan fingerprint density at radius 3 is 2.39 bits per heavy atom. The highest BCUT2D eigenvalue weighted by Gasteiger charge is 2.33. The Labute approximate surface area is 198 Å². The van der Waals surface area contributed by atoms with Crippen LogP contribution in [0.5, 0.6) is 0 Å². The van der Waals surface area contributed by atoms with Crippen molar-refractivity contribution in [3.63, 3.8) is 0 Å². The van der Waals surface area contributed by atoms with E-state index in [9.17, 15) is 13.2 Å². The van der Waals surface area contributed by atoms with E-state index in [1.165, 1.54) is 16.1 Å². The largest absolute Gasteiger partial charge is 0.461 e.